The Morgan fingerprint density at radius 1 is 1.25 bits per heavy atom. The number of methoxy groups -OCH3 is 1. The lowest BCUT2D eigenvalue weighted by Gasteiger charge is -2.35. The molecule has 0 radical (unpaired) electrons. The highest BCUT2D eigenvalue weighted by atomic mass is 16.5. The monoisotopic (exact) mass is 279 g/mol. The van der Waals surface area contributed by atoms with Crippen molar-refractivity contribution in [3.05, 3.63) is 0 Å². The van der Waals surface area contributed by atoms with E-state index in [9.17, 15) is 0 Å². The van der Waals surface area contributed by atoms with E-state index in [2.05, 4.69) is 39.0 Å². The molecule has 1 fully saturated rings. The van der Waals surface area contributed by atoms with Gasteiger partial charge < -0.3 is 15.0 Å². The van der Waals surface area contributed by atoms with Gasteiger partial charge in [-0.05, 0) is 32.1 Å². The van der Waals surface area contributed by atoms with E-state index in [-0.39, 0.29) is 0 Å². The van der Waals surface area contributed by atoms with Crippen LogP contribution in [0.5, 0.6) is 6.01 Å². The van der Waals surface area contributed by atoms with Crippen molar-refractivity contribution in [3.8, 4) is 6.01 Å². The van der Waals surface area contributed by atoms with Gasteiger partial charge in [0.2, 0.25) is 11.9 Å². The summed E-state index contributed by atoms with van der Waals surface area (Å²) >= 11 is 0. The summed E-state index contributed by atoms with van der Waals surface area (Å²) in [7, 11) is 1.59. The van der Waals surface area contributed by atoms with E-state index in [1.165, 1.54) is 19.3 Å². The maximum Gasteiger partial charge on any atom is 0.322 e. The summed E-state index contributed by atoms with van der Waals surface area (Å²) < 4.78 is 5.21. The third-order valence-electron chi connectivity index (χ3n) is 3.67. The molecule has 2 heterocycles. The molecule has 1 aromatic heterocycles. The number of nitrogens with zero attached hydrogens (tertiary/aromatic N) is 4. The molecule has 1 aromatic rings. The fourth-order valence-corrected chi connectivity index (χ4v) is 2.57. The maximum absolute atomic E-state index is 5.21. The minimum Gasteiger partial charge on any atom is -0.467 e. The van der Waals surface area contributed by atoms with Crippen LogP contribution in [0.15, 0.2) is 0 Å². The largest absolute Gasteiger partial charge is 0.467 e. The molecule has 0 amide bonds. The van der Waals surface area contributed by atoms with Crippen LogP contribution in [-0.2, 0) is 0 Å². The molecule has 0 bridgehead atoms. The Morgan fingerprint density at radius 2 is 2.10 bits per heavy atom. The zero-order valence-corrected chi connectivity index (χ0v) is 12.7. The van der Waals surface area contributed by atoms with E-state index < -0.39 is 0 Å². The third kappa shape index (κ3) is 3.49. The predicted octanol–water partition coefficient (Wildman–Crippen LogP) is 2.47. The molecule has 0 spiro atoms. The highest BCUT2D eigenvalue weighted by Gasteiger charge is 2.24. The molecule has 6 heteroatoms. The average Bonchev–Trinajstić information content (AvgIpc) is 2.52. The Morgan fingerprint density at radius 3 is 2.80 bits per heavy atom. The van der Waals surface area contributed by atoms with Crippen LogP contribution in [-0.4, -0.2) is 41.2 Å². The van der Waals surface area contributed by atoms with Crippen molar-refractivity contribution in [1.29, 1.82) is 0 Å². The standard InChI is InChI=1S/C14H25N5O/c1-4-9-15-12-16-13(18-14(17-12)20-3)19-10-7-6-8-11(19)5-2/h11H,4-10H2,1-3H3,(H,15,16,17,18). The van der Waals surface area contributed by atoms with Gasteiger partial charge in [-0.15, -0.1) is 0 Å². The zero-order valence-electron chi connectivity index (χ0n) is 12.7. The Balaban J connectivity index is 2.24. The van der Waals surface area contributed by atoms with Gasteiger partial charge in [-0.1, -0.05) is 13.8 Å². The molecule has 1 unspecified atom stereocenters. The van der Waals surface area contributed by atoms with Gasteiger partial charge in [-0.2, -0.15) is 15.0 Å². The van der Waals surface area contributed by atoms with Crippen molar-refractivity contribution >= 4 is 11.9 Å². The predicted molar refractivity (Wildman–Crippen MR) is 80.4 cm³/mol. The van der Waals surface area contributed by atoms with Crippen molar-refractivity contribution in [3.63, 3.8) is 0 Å². The van der Waals surface area contributed by atoms with Crippen LogP contribution in [0.25, 0.3) is 0 Å². The number of nitrogens with one attached hydrogen (secondary N) is 1. The summed E-state index contributed by atoms with van der Waals surface area (Å²) in [6.07, 6.45) is 5.85. The lowest BCUT2D eigenvalue weighted by molar-refractivity contribution is 0.375. The quantitative estimate of drug-likeness (QED) is 0.863. The molecule has 112 valence electrons. The Kier molecular flexibility index (Phi) is 5.38. The van der Waals surface area contributed by atoms with Crippen LogP contribution in [0, 0.1) is 0 Å². The van der Waals surface area contributed by atoms with E-state index in [4.69, 9.17) is 4.74 Å². The number of anilines is 2. The zero-order chi connectivity index (χ0) is 14.4. The van der Waals surface area contributed by atoms with Crippen LogP contribution >= 0.6 is 0 Å². The molecule has 0 aliphatic carbocycles. The molecule has 1 aliphatic rings. The first-order chi connectivity index (χ1) is 9.78. The van der Waals surface area contributed by atoms with Gasteiger partial charge in [0.25, 0.3) is 0 Å². The molecule has 20 heavy (non-hydrogen) atoms. The molecule has 1 N–H and O–H groups in total. The minimum absolute atomic E-state index is 0.383. The summed E-state index contributed by atoms with van der Waals surface area (Å²) in [6, 6.07) is 0.906. The van der Waals surface area contributed by atoms with Gasteiger partial charge in [0.15, 0.2) is 0 Å². The first kappa shape index (κ1) is 14.8. The minimum atomic E-state index is 0.383. The van der Waals surface area contributed by atoms with Crippen LogP contribution in [0.3, 0.4) is 0 Å². The van der Waals surface area contributed by atoms with Gasteiger partial charge in [0, 0.05) is 19.1 Å². The van der Waals surface area contributed by atoms with Crippen molar-refractivity contribution in [2.24, 2.45) is 0 Å². The van der Waals surface area contributed by atoms with Crippen LogP contribution in [0.4, 0.5) is 11.9 Å². The van der Waals surface area contributed by atoms with Gasteiger partial charge in [-0.25, -0.2) is 0 Å². The molecule has 0 aromatic carbocycles. The Hall–Kier alpha value is -1.59. The molecule has 2 rings (SSSR count). The number of piperidine rings is 1. The number of ether oxygens (including phenoxy) is 1. The molecule has 6 nitrogen and oxygen atoms in total. The third-order valence-corrected chi connectivity index (χ3v) is 3.67. The van der Waals surface area contributed by atoms with Crippen molar-refractivity contribution in [2.75, 3.05) is 30.4 Å². The smallest absolute Gasteiger partial charge is 0.322 e. The lowest BCUT2D eigenvalue weighted by Crippen LogP contribution is -2.40. The van der Waals surface area contributed by atoms with Crippen molar-refractivity contribution in [1.82, 2.24) is 15.0 Å². The van der Waals surface area contributed by atoms with Gasteiger partial charge in [0.05, 0.1) is 7.11 Å². The van der Waals surface area contributed by atoms with Crippen LogP contribution < -0.4 is 15.0 Å². The summed E-state index contributed by atoms with van der Waals surface area (Å²) in [5.41, 5.74) is 0. The summed E-state index contributed by atoms with van der Waals surface area (Å²) in [4.78, 5) is 15.5. The van der Waals surface area contributed by atoms with Crippen LogP contribution in [0.2, 0.25) is 0 Å². The van der Waals surface area contributed by atoms with Crippen LogP contribution in [0.1, 0.15) is 46.0 Å². The first-order valence-electron chi connectivity index (χ1n) is 7.59. The second kappa shape index (κ2) is 7.26. The van der Waals surface area contributed by atoms with Crippen molar-refractivity contribution in [2.45, 2.75) is 52.0 Å². The highest BCUT2D eigenvalue weighted by Crippen LogP contribution is 2.25. The molecular formula is C14H25N5O. The SMILES string of the molecule is CCCNc1nc(OC)nc(N2CCCCC2CC)n1. The highest BCUT2D eigenvalue weighted by molar-refractivity contribution is 5.39. The fraction of sp³-hybridized carbons (Fsp3) is 0.786. The van der Waals surface area contributed by atoms with Gasteiger partial charge >= 0.3 is 6.01 Å². The summed E-state index contributed by atoms with van der Waals surface area (Å²) in [6.45, 7) is 6.20. The average molecular weight is 279 g/mol. The van der Waals surface area contributed by atoms with Crippen molar-refractivity contribution < 1.29 is 4.74 Å². The number of hydrogen-bond donors (Lipinski definition) is 1. The Labute approximate surface area is 121 Å². The molecule has 1 atom stereocenters. The Bertz CT molecular complexity index is 426. The van der Waals surface area contributed by atoms with Gasteiger partial charge in [-0.3, -0.25) is 0 Å². The summed E-state index contributed by atoms with van der Waals surface area (Å²) in [5.74, 6) is 1.34. The number of hydrogen-bond acceptors (Lipinski definition) is 6. The van der Waals surface area contributed by atoms with E-state index in [1.54, 1.807) is 7.11 Å². The van der Waals surface area contributed by atoms with Gasteiger partial charge in [0.1, 0.15) is 0 Å². The number of rotatable bonds is 6. The topological polar surface area (TPSA) is 63.2 Å². The molecule has 1 saturated heterocycles. The van der Waals surface area contributed by atoms with E-state index in [0.717, 1.165) is 31.9 Å². The summed E-state index contributed by atoms with van der Waals surface area (Å²) in [5, 5.41) is 3.21. The van der Waals surface area contributed by atoms with E-state index >= 15 is 0 Å². The fourth-order valence-electron chi connectivity index (χ4n) is 2.57. The second-order valence-electron chi connectivity index (χ2n) is 5.12. The molecular weight excluding hydrogens is 254 g/mol. The maximum atomic E-state index is 5.21. The number of aromatic nitrogens is 3. The van der Waals surface area contributed by atoms with E-state index in [0.29, 0.717) is 18.0 Å². The molecule has 0 saturated carbocycles. The second-order valence-corrected chi connectivity index (χ2v) is 5.12. The first-order valence-corrected chi connectivity index (χ1v) is 7.59. The normalized spacial score (nSPS) is 18.9. The lowest BCUT2D eigenvalue weighted by atomic mass is 10.0. The molecule has 1 aliphatic heterocycles. The van der Waals surface area contributed by atoms with E-state index in [1.807, 2.05) is 0 Å².